The van der Waals surface area contributed by atoms with Crippen molar-refractivity contribution < 1.29 is 9.59 Å². The lowest BCUT2D eigenvalue weighted by atomic mass is 10.1. The van der Waals surface area contributed by atoms with E-state index >= 15 is 0 Å². The van der Waals surface area contributed by atoms with E-state index < -0.39 is 0 Å². The van der Waals surface area contributed by atoms with Gasteiger partial charge in [0.15, 0.2) is 0 Å². The molecule has 2 N–H and O–H groups in total. The zero-order valence-corrected chi connectivity index (χ0v) is 16.6. The summed E-state index contributed by atoms with van der Waals surface area (Å²) in [6.45, 7) is 4.16. The van der Waals surface area contributed by atoms with Crippen molar-refractivity contribution >= 4 is 17.9 Å². The van der Waals surface area contributed by atoms with Gasteiger partial charge in [-0.1, -0.05) is 12.1 Å². The zero-order valence-electron chi connectivity index (χ0n) is 16.6. The largest absolute Gasteiger partial charge is 0.346 e. The van der Waals surface area contributed by atoms with Crippen LogP contribution in [0.15, 0.2) is 60.9 Å². The van der Waals surface area contributed by atoms with Crippen LogP contribution in [0.4, 0.5) is 0 Å². The molecule has 0 unspecified atom stereocenters. The Labute approximate surface area is 169 Å². The molecule has 1 aliphatic carbocycles. The van der Waals surface area contributed by atoms with E-state index in [9.17, 15) is 9.59 Å². The van der Waals surface area contributed by atoms with Crippen molar-refractivity contribution in [3.8, 4) is 5.69 Å². The SMILES string of the molecule is Cc1cc(/C=C/C(=O)NNC(=O)c2ccccc2-n2cccc2)c(C)n1C1CC1. The van der Waals surface area contributed by atoms with E-state index in [-0.39, 0.29) is 11.8 Å². The number of hydrogen-bond donors (Lipinski definition) is 2. The first-order valence-electron chi connectivity index (χ1n) is 9.74. The normalized spacial score (nSPS) is 13.6. The summed E-state index contributed by atoms with van der Waals surface area (Å²) in [5.74, 6) is -0.754. The zero-order chi connectivity index (χ0) is 20.4. The van der Waals surface area contributed by atoms with Gasteiger partial charge in [-0.25, -0.2) is 0 Å². The van der Waals surface area contributed by atoms with E-state index in [2.05, 4.69) is 35.3 Å². The number of nitrogens with one attached hydrogen (secondary N) is 2. The second-order valence-corrected chi connectivity index (χ2v) is 7.31. The highest BCUT2D eigenvalue weighted by atomic mass is 16.2. The number of benzene rings is 1. The number of amides is 2. The van der Waals surface area contributed by atoms with Gasteiger partial charge < -0.3 is 9.13 Å². The molecular weight excluding hydrogens is 364 g/mol. The van der Waals surface area contributed by atoms with Gasteiger partial charge in [0, 0.05) is 35.9 Å². The highest BCUT2D eigenvalue weighted by molar-refractivity contribution is 6.00. The van der Waals surface area contributed by atoms with Gasteiger partial charge in [-0.05, 0) is 68.7 Å². The minimum absolute atomic E-state index is 0.372. The van der Waals surface area contributed by atoms with Crippen molar-refractivity contribution in [3.63, 3.8) is 0 Å². The molecule has 1 saturated carbocycles. The van der Waals surface area contributed by atoms with Crippen LogP contribution in [0.1, 0.15) is 46.2 Å². The molecule has 1 fully saturated rings. The summed E-state index contributed by atoms with van der Waals surface area (Å²) < 4.78 is 4.18. The van der Waals surface area contributed by atoms with Crippen LogP contribution >= 0.6 is 0 Å². The maximum absolute atomic E-state index is 12.6. The van der Waals surface area contributed by atoms with Crippen molar-refractivity contribution in [2.75, 3.05) is 0 Å². The molecule has 0 atom stereocenters. The summed E-state index contributed by atoms with van der Waals surface area (Å²) in [7, 11) is 0. The molecule has 0 bridgehead atoms. The van der Waals surface area contributed by atoms with Crippen molar-refractivity contribution in [1.29, 1.82) is 0 Å². The van der Waals surface area contributed by atoms with Crippen molar-refractivity contribution in [3.05, 3.63) is 83.4 Å². The molecule has 0 aliphatic heterocycles. The maximum Gasteiger partial charge on any atom is 0.271 e. The van der Waals surface area contributed by atoms with Gasteiger partial charge in [-0.3, -0.25) is 20.4 Å². The van der Waals surface area contributed by atoms with E-state index in [1.807, 2.05) is 41.2 Å². The highest BCUT2D eigenvalue weighted by Gasteiger charge is 2.26. The Morgan fingerprint density at radius 2 is 1.76 bits per heavy atom. The van der Waals surface area contributed by atoms with E-state index in [1.165, 1.54) is 30.3 Å². The van der Waals surface area contributed by atoms with Crippen LogP contribution in [0.5, 0.6) is 0 Å². The molecule has 3 aromatic rings. The molecule has 2 aromatic heterocycles. The molecule has 2 heterocycles. The van der Waals surface area contributed by atoms with Crippen molar-refractivity contribution in [2.24, 2.45) is 0 Å². The lowest BCUT2D eigenvalue weighted by Gasteiger charge is -2.11. The molecule has 0 spiro atoms. The first kappa shape index (κ1) is 18.8. The first-order valence-corrected chi connectivity index (χ1v) is 9.74. The molecule has 1 aliphatic rings. The molecule has 6 nitrogen and oxygen atoms in total. The van der Waals surface area contributed by atoms with Gasteiger partial charge in [-0.2, -0.15) is 0 Å². The average molecular weight is 388 g/mol. The third-order valence-corrected chi connectivity index (χ3v) is 5.18. The quantitative estimate of drug-likeness (QED) is 0.517. The minimum atomic E-state index is -0.381. The third kappa shape index (κ3) is 4.01. The topological polar surface area (TPSA) is 68.1 Å². The average Bonchev–Trinajstić information content (AvgIpc) is 3.31. The van der Waals surface area contributed by atoms with Crippen LogP contribution in [0.2, 0.25) is 0 Å². The monoisotopic (exact) mass is 388 g/mol. The number of hydrogen-bond acceptors (Lipinski definition) is 2. The van der Waals surface area contributed by atoms with Gasteiger partial charge in [0.2, 0.25) is 0 Å². The van der Waals surface area contributed by atoms with Gasteiger partial charge in [0.05, 0.1) is 11.3 Å². The lowest BCUT2D eigenvalue weighted by Crippen LogP contribution is -2.41. The second-order valence-electron chi connectivity index (χ2n) is 7.31. The van der Waals surface area contributed by atoms with Gasteiger partial charge in [-0.15, -0.1) is 0 Å². The fourth-order valence-electron chi connectivity index (χ4n) is 3.64. The Morgan fingerprint density at radius 1 is 1.03 bits per heavy atom. The molecule has 1 aromatic carbocycles. The standard InChI is InChI=1S/C23H24N4O2/c1-16-15-18(17(2)27(16)19-10-11-19)9-12-22(28)24-25-23(29)20-7-3-4-8-21(20)26-13-5-6-14-26/h3-9,12-15,19H,10-11H2,1-2H3,(H,24,28)(H,25,29)/b12-9+. The Morgan fingerprint density at radius 3 is 2.48 bits per heavy atom. The molecule has 0 saturated heterocycles. The number of hydrazine groups is 1. The maximum atomic E-state index is 12.6. The summed E-state index contributed by atoms with van der Waals surface area (Å²) in [4.78, 5) is 24.7. The third-order valence-electron chi connectivity index (χ3n) is 5.18. The first-order chi connectivity index (χ1) is 14.0. The van der Waals surface area contributed by atoms with Gasteiger partial charge in [0.25, 0.3) is 11.8 Å². The Bertz CT molecular complexity index is 1070. The second kappa shape index (κ2) is 7.83. The lowest BCUT2D eigenvalue weighted by molar-refractivity contribution is -0.117. The van der Waals surface area contributed by atoms with Crippen LogP contribution in [0.25, 0.3) is 11.8 Å². The molecule has 148 valence electrons. The summed E-state index contributed by atoms with van der Waals surface area (Å²) in [5.41, 5.74) is 9.56. The van der Waals surface area contributed by atoms with Gasteiger partial charge >= 0.3 is 0 Å². The fourth-order valence-corrected chi connectivity index (χ4v) is 3.64. The molecule has 0 radical (unpaired) electrons. The molecule has 4 rings (SSSR count). The Kier molecular flexibility index (Phi) is 5.08. The molecule has 29 heavy (non-hydrogen) atoms. The summed E-state index contributed by atoms with van der Waals surface area (Å²) in [6, 6.07) is 13.7. The van der Waals surface area contributed by atoms with Crippen molar-refractivity contribution in [2.45, 2.75) is 32.7 Å². The number of para-hydroxylation sites is 1. The van der Waals surface area contributed by atoms with E-state index in [0.717, 1.165) is 11.3 Å². The van der Waals surface area contributed by atoms with Crippen LogP contribution < -0.4 is 10.9 Å². The molecule has 2 amide bonds. The predicted molar refractivity (Wildman–Crippen MR) is 113 cm³/mol. The number of carbonyl (C=O) groups excluding carboxylic acids is 2. The smallest absolute Gasteiger partial charge is 0.271 e. The summed E-state index contributed by atoms with van der Waals surface area (Å²) >= 11 is 0. The number of aromatic nitrogens is 2. The van der Waals surface area contributed by atoms with Crippen LogP contribution in [0, 0.1) is 13.8 Å². The highest BCUT2D eigenvalue weighted by Crippen LogP contribution is 2.38. The Hall–Kier alpha value is -3.54. The number of rotatable bonds is 5. The number of nitrogens with zero attached hydrogens (tertiary/aromatic N) is 2. The Balaban J connectivity index is 1.40. The fraction of sp³-hybridized carbons (Fsp3) is 0.217. The van der Waals surface area contributed by atoms with Crippen LogP contribution in [-0.2, 0) is 4.79 Å². The summed E-state index contributed by atoms with van der Waals surface area (Å²) in [6.07, 6.45) is 9.40. The van der Waals surface area contributed by atoms with Crippen LogP contribution in [0.3, 0.4) is 0 Å². The molecular formula is C23H24N4O2. The minimum Gasteiger partial charge on any atom is -0.346 e. The molecule has 6 heteroatoms. The van der Waals surface area contributed by atoms with Crippen LogP contribution in [-0.4, -0.2) is 20.9 Å². The predicted octanol–water partition coefficient (Wildman–Crippen LogP) is 3.70. The van der Waals surface area contributed by atoms with Crippen molar-refractivity contribution in [1.82, 2.24) is 20.0 Å². The van der Waals surface area contributed by atoms with Gasteiger partial charge in [0.1, 0.15) is 0 Å². The van der Waals surface area contributed by atoms with E-state index in [0.29, 0.717) is 11.6 Å². The number of carbonyl (C=O) groups is 2. The summed E-state index contributed by atoms with van der Waals surface area (Å²) in [5, 5.41) is 0. The van der Waals surface area contributed by atoms with E-state index in [1.54, 1.807) is 18.2 Å². The number of aryl methyl sites for hydroxylation is 1. The van der Waals surface area contributed by atoms with E-state index in [4.69, 9.17) is 0 Å².